The van der Waals surface area contributed by atoms with Gasteiger partial charge in [-0.2, -0.15) is 0 Å². The number of hydrogen-bond donors (Lipinski definition) is 0. The van der Waals surface area contributed by atoms with Gasteiger partial charge in [-0.25, -0.2) is 4.39 Å². The van der Waals surface area contributed by atoms with Gasteiger partial charge in [-0.1, -0.05) is 54.2 Å². The molecule has 0 spiro atoms. The van der Waals surface area contributed by atoms with Gasteiger partial charge in [0.2, 0.25) is 0 Å². The van der Waals surface area contributed by atoms with Gasteiger partial charge in [0.25, 0.3) is 0 Å². The molecule has 0 bridgehead atoms. The molecule has 2 aromatic carbocycles. The quantitative estimate of drug-likeness (QED) is 0.431. The molecule has 7 heteroatoms. The van der Waals surface area contributed by atoms with E-state index in [0.717, 1.165) is 80.8 Å². The number of benzene rings is 2. The Balaban J connectivity index is 1.27. The number of rotatable bonds is 8. The van der Waals surface area contributed by atoms with Crippen LogP contribution in [0.4, 0.5) is 4.39 Å². The summed E-state index contributed by atoms with van der Waals surface area (Å²) in [5.74, 6) is 2.27. The van der Waals surface area contributed by atoms with E-state index in [-0.39, 0.29) is 5.82 Å². The van der Waals surface area contributed by atoms with Gasteiger partial charge in [-0.15, -0.1) is 10.2 Å². The Bertz CT molecular complexity index is 1010. The molecule has 0 N–H and O–H groups in total. The summed E-state index contributed by atoms with van der Waals surface area (Å²) in [4.78, 5) is 2.45. The van der Waals surface area contributed by atoms with Gasteiger partial charge in [0.15, 0.2) is 5.16 Å². The maximum atomic E-state index is 13.2. The third kappa shape index (κ3) is 5.83. The topological polar surface area (TPSA) is 43.2 Å². The molecule has 0 saturated carbocycles. The molecule has 3 aromatic rings. The van der Waals surface area contributed by atoms with Crippen molar-refractivity contribution in [2.75, 3.05) is 25.4 Å². The minimum Gasteiger partial charge on any atom is -0.377 e. The van der Waals surface area contributed by atoms with Crippen molar-refractivity contribution in [3.63, 3.8) is 0 Å². The average molecular weight is 467 g/mol. The van der Waals surface area contributed by atoms with Crippen molar-refractivity contribution in [1.82, 2.24) is 19.7 Å². The van der Waals surface area contributed by atoms with Gasteiger partial charge >= 0.3 is 0 Å². The van der Waals surface area contributed by atoms with Crippen LogP contribution in [0.1, 0.15) is 48.6 Å². The van der Waals surface area contributed by atoms with Gasteiger partial charge in [0.1, 0.15) is 11.6 Å². The SMILES string of the molecule is Fc1ccc(CN2CCC(c3nnc(SC[C@H]4CCCO4)n3Cc3ccccc3)CC2)cc1. The second-order valence-electron chi connectivity index (χ2n) is 9.04. The van der Waals surface area contributed by atoms with Gasteiger partial charge in [0.05, 0.1) is 12.6 Å². The monoisotopic (exact) mass is 466 g/mol. The van der Waals surface area contributed by atoms with Crippen molar-refractivity contribution >= 4 is 11.8 Å². The van der Waals surface area contributed by atoms with E-state index in [0.29, 0.717) is 12.0 Å². The number of aromatic nitrogens is 3. The van der Waals surface area contributed by atoms with Crippen LogP contribution in [0, 0.1) is 5.82 Å². The van der Waals surface area contributed by atoms with E-state index in [1.54, 1.807) is 23.9 Å². The van der Waals surface area contributed by atoms with Crippen LogP contribution in [0.3, 0.4) is 0 Å². The van der Waals surface area contributed by atoms with Gasteiger partial charge in [-0.3, -0.25) is 4.90 Å². The van der Waals surface area contributed by atoms with Crippen molar-refractivity contribution in [3.8, 4) is 0 Å². The minimum atomic E-state index is -0.177. The summed E-state index contributed by atoms with van der Waals surface area (Å²) in [5, 5.41) is 10.3. The first-order valence-corrected chi connectivity index (χ1v) is 12.9. The first-order valence-electron chi connectivity index (χ1n) is 11.9. The molecule has 0 unspecified atom stereocenters. The summed E-state index contributed by atoms with van der Waals surface area (Å²) < 4.78 is 21.4. The molecule has 0 aliphatic carbocycles. The number of ether oxygens (including phenoxy) is 1. The zero-order valence-electron chi connectivity index (χ0n) is 18.9. The van der Waals surface area contributed by atoms with Crippen LogP contribution >= 0.6 is 11.8 Å². The fourth-order valence-corrected chi connectivity index (χ4v) is 5.77. The fraction of sp³-hybridized carbons (Fsp3) is 0.462. The Hall–Kier alpha value is -2.22. The number of halogens is 1. The van der Waals surface area contributed by atoms with Gasteiger partial charge in [-0.05, 0) is 62.0 Å². The predicted octanol–water partition coefficient (Wildman–Crippen LogP) is 5.12. The summed E-state index contributed by atoms with van der Waals surface area (Å²) in [7, 11) is 0. The van der Waals surface area contributed by atoms with E-state index in [9.17, 15) is 4.39 Å². The Morgan fingerprint density at radius 2 is 1.67 bits per heavy atom. The predicted molar refractivity (Wildman–Crippen MR) is 129 cm³/mol. The minimum absolute atomic E-state index is 0.177. The highest BCUT2D eigenvalue weighted by Gasteiger charge is 2.27. The molecule has 33 heavy (non-hydrogen) atoms. The molecule has 2 aliphatic heterocycles. The zero-order chi connectivity index (χ0) is 22.5. The number of nitrogens with zero attached hydrogens (tertiary/aromatic N) is 4. The summed E-state index contributed by atoms with van der Waals surface area (Å²) >= 11 is 1.78. The first-order chi connectivity index (χ1) is 16.2. The number of piperidine rings is 1. The number of hydrogen-bond acceptors (Lipinski definition) is 5. The molecular weight excluding hydrogens is 435 g/mol. The molecular formula is C26H31FN4OS. The van der Waals surface area contributed by atoms with Crippen molar-refractivity contribution < 1.29 is 9.13 Å². The Labute approximate surface area is 199 Å². The van der Waals surface area contributed by atoms with Crippen LogP contribution in [0.5, 0.6) is 0 Å². The largest absolute Gasteiger partial charge is 0.377 e. The zero-order valence-corrected chi connectivity index (χ0v) is 19.7. The summed E-state index contributed by atoms with van der Waals surface area (Å²) in [5.41, 5.74) is 2.43. The van der Waals surface area contributed by atoms with E-state index in [1.165, 1.54) is 5.56 Å². The van der Waals surface area contributed by atoms with Crippen molar-refractivity contribution in [1.29, 1.82) is 0 Å². The molecule has 2 aliphatic rings. The van der Waals surface area contributed by atoms with Crippen molar-refractivity contribution in [2.45, 2.75) is 56.0 Å². The highest BCUT2D eigenvalue weighted by molar-refractivity contribution is 7.99. The van der Waals surface area contributed by atoms with Crippen molar-refractivity contribution in [2.24, 2.45) is 0 Å². The van der Waals surface area contributed by atoms with Gasteiger partial charge < -0.3 is 9.30 Å². The van der Waals surface area contributed by atoms with E-state index >= 15 is 0 Å². The van der Waals surface area contributed by atoms with E-state index in [2.05, 4.69) is 44.9 Å². The van der Waals surface area contributed by atoms with Crippen LogP contribution in [0.25, 0.3) is 0 Å². The highest BCUT2D eigenvalue weighted by Crippen LogP contribution is 2.31. The molecule has 3 heterocycles. The standard InChI is InChI=1S/C26H31FN4OS/c27-23-10-8-21(9-11-23)17-30-14-12-22(13-15-30)25-28-29-26(33-19-24-7-4-16-32-24)31(25)18-20-5-2-1-3-6-20/h1-3,5-6,8-11,22,24H,4,7,12-19H2/t24-/m1/s1. The smallest absolute Gasteiger partial charge is 0.191 e. The molecule has 1 atom stereocenters. The number of likely N-dealkylation sites (tertiary alicyclic amines) is 1. The maximum absolute atomic E-state index is 13.2. The van der Waals surface area contributed by atoms with Crippen LogP contribution < -0.4 is 0 Å². The lowest BCUT2D eigenvalue weighted by molar-refractivity contribution is 0.129. The summed E-state index contributed by atoms with van der Waals surface area (Å²) in [6.45, 7) is 4.57. The molecule has 1 aromatic heterocycles. The van der Waals surface area contributed by atoms with Crippen LogP contribution in [-0.2, 0) is 17.8 Å². The van der Waals surface area contributed by atoms with E-state index < -0.39 is 0 Å². The van der Waals surface area contributed by atoms with Crippen molar-refractivity contribution in [3.05, 3.63) is 77.4 Å². The molecule has 5 rings (SSSR count). The normalized spacial score (nSPS) is 19.8. The summed E-state index contributed by atoms with van der Waals surface area (Å²) in [6.07, 6.45) is 4.74. The Morgan fingerprint density at radius 1 is 0.909 bits per heavy atom. The number of thioether (sulfide) groups is 1. The third-order valence-electron chi connectivity index (χ3n) is 6.62. The van der Waals surface area contributed by atoms with E-state index in [1.807, 2.05) is 12.1 Å². The highest BCUT2D eigenvalue weighted by atomic mass is 32.2. The van der Waals surface area contributed by atoms with Crippen LogP contribution in [0.2, 0.25) is 0 Å². The van der Waals surface area contributed by atoms with E-state index in [4.69, 9.17) is 9.84 Å². The van der Waals surface area contributed by atoms with Gasteiger partial charge in [0, 0.05) is 24.8 Å². The third-order valence-corrected chi connectivity index (χ3v) is 7.72. The second kappa shape index (κ2) is 10.8. The Kier molecular flexibility index (Phi) is 7.39. The average Bonchev–Trinajstić information content (AvgIpc) is 3.51. The molecule has 0 radical (unpaired) electrons. The van der Waals surface area contributed by atoms with Crippen LogP contribution in [0.15, 0.2) is 59.8 Å². The first kappa shape index (κ1) is 22.6. The maximum Gasteiger partial charge on any atom is 0.191 e. The molecule has 5 nitrogen and oxygen atoms in total. The lowest BCUT2D eigenvalue weighted by atomic mass is 9.95. The lowest BCUT2D eigenvalue weighted by Crippen LogP contribution is -2.33. The lowest BCUT2D eigenvalue weighted by Gasteiger charge is -2.31. The molecule has 0 amide bonds. The van der Waals surface area contributed by atoms with Crippen LogP contribution in [-0.4, -0.2) is 51.2 Å². The fourth-order valence-electron chi connectivity index (χ4n) is 4.76. The Morgan fingerprint density at radius 3 is 2.39 bits per heavy atom. The second-order valence-corrected chi connectivity index (χ2v) is 10.0. The molecule has 2 saturated heterocycles. The molecule has 174 valence electrons. The molecule has 2 fully saturated rings. The summed E-state index contributed by atoms with van der Waals surface area (Å²) in [6, 6.07) is 17.4.